The summed E-state index contributed by atoms with van der Waals surface area (Å²) in [7, 11) is 0. The summed E-state index contributed by atoms with van der Waals surface area (Å²) in [6.07, 6.45) is 0.654. The predicted molar refractivity (Wildman–Crippen MR) is 130 cm³/mol. The number of fused-ring (bicyclic) bond motifs is 2. The highest BCUT2D eigenvalue weighted by Crippen LogP contribution is 2.36. The van der Waals surface area contributed by atoms with Crippen LogP contribution < -0.4 is 14.8 Å². The van der Waals surface area contributed by atoms with E-state index in [1.165, 1.54) is 18.2 Å². The summed E-state index contributed by atoms with van der Waals surface area (Å²) < 4.78 is 46.9. The monoisotopic (exact) mass is 520 g/mol. The number of hydrogen-bond acceptors (Lipinski definition) is 6. The molecule has 3 heterocycles. The number of furan rings is 1. The molecule has 2 aliphatic rings. The predicted octanol–water partition coefficient (Wildman–Crippen LogP) is 4.65. The van der Waals surface area contributed by atoms with Crippen molar-refractivity contribution in [2.75, 3.05) is 26.3 Å². The summed E-state index contributed by atoms with van der Waals surface area (Å²) in [6, 6.07) is 9.71. The van der Waals surface area contributed by atoms with Crippen molar-refractivity contribution >= 4 is 28.5 Å². The van der Waals surface area contributed by atoms with Crippen LogP contribution in [0.15, 0.2) is 46.9 Å². The third kappa shape index (κ3) is 4.87. The Morgan fingerprint density at radius 1 is 1.19 bits per heavy atom. The summed E-state index contributed by atoms with van der Waals surface area (Å²) >= 11 is 5.95. The molecular weight excluding hydrogens is 494 g/mol. The van der Waals surface area contributed by atoms with E-state index in [0.717, 1.165) is 25.5 Å². The van der Waals surface area contributed by atoms with E-state index >= 15 is 8.78 Å². The average molecular weight is 521 g/mol. The number of aliphatic hydroxyl groups is 1. The average Bonchev–Trinajstić information content (AvgIpc) is 3.48. The first-order chi connectivity index (χ1) is 17.2. The van der Waals surface area contributed by atoms with Crippen LogP contribution in [-0.2, 0) is 10.7 Å². The molecule has 1 saturated heterocycles. The molecule has 7 nitrogen and oxygen atoms in total. The quantitative estimate of drug-likeness (QED) is 0.472. The number of ether oxygens (including phenoxy) is 2. The van der Waals surface area contributed by atoms with Crippen LogP contribution in [0, 0.1) is 0 Å². The second kappa shape index (κ2) is 9.88. The Morgan fingerprint density at radius 2 is 1.97 bits per heavy atom. The fraction of sp³-hybridized carbons (Fsp3) is 0.423. The molecular formula is C26H27ClF2N2O5. The Kier molecular flexibility index (Phi) is 6.80. The Hall–Kier alpha value is -2.88. The molecule has 3 unspecified atom stereocenters. The molecule has 2 aliphatic heterocycles. The molecule has 0 bridgehead atoms. The normalized spacial score (nSPS) is 19.9. The lowest BCUT2D eigenvalue weighted by molar-refractivity contribution is -0.151. The molecule has 2 N–H and O–H groups in total. The smallest absolute Gasteiger partial charge is 0.380 e. The second-order valence-corrected chi connectivity index (χ2v) is 9.72. The van der Waals surface area contributed by atoms with Crippen LogP contribution >= 0.6 is 11.6 Å². The molecule has 1 fully saturated rings. The van der Waals surface area contributed by atoms with Gasteiger partial charge in [-0.1, -0.05) is 17.7 Å². The van der Waals surface area contributed by atoms with Crippen LogP contribution in [0.4, 0.5) is 8.78 Å². The molecule has 0 radical (unpaired) electrons. The Morgan fingerprint density at radius 3 is 2.72 bits per heavy atom. The van der Waals surface area contributed by atoms with Gasteiger partial charge in [-0.15, -0.1) is 0 Å². The first kappa shape index (κ1) is 24.8. The minimum Gasteiger partial charge on any atom is -0.486 e. The van der Waals surface area contributed by atoms with E-state index in [0.29, 0.717) is 40.7 Å². The first-order valence-electron chi connectivity index (χ1n) is 11.9. The van der Waals surface area contributed by atoms with Gasteiger partial charge in [-0.2, -0.15) is 8.78 Å². The van der Waals surface area contributed by atoms with Gasteiger partial charge in [-0.3, -0.25) is 9.69 Å². The van der Waals surface area contributed by atoms with E-state index in [1.807, 2.05) is 6.92 Å². The van der Waals surface area contributed by atoms with Crippen LogP contribution in [0.25, 0.3) is 11.0 Å². The van der Waals surface area contributed by atoms with Gasteiger partial charge in [0.1, 0.15) is 24.9 Å². The van der Waals surface area contributed by atoms with Crippen molar-refractivity contribution in [2.24, 2.45) is 0 Å². The van der Waals surface area contributed by atoms with Crippen molar-refractivity contribution in [1.29, 1.82) is 0 Å². The van der Waals surface area contributed by atoms with Gasteiger partial charge in [0.15, 0.2) is 17.3 Å². The highest BCUT2D eigenvalue weighted by molar-refractivity contribution is 6.31. The molecule has 1 aromatic heterocycles. The van der Waals surface area contributed by atoms with Crippen LogP contribution in [0.2, 0.25) is 5.02 Å². The number of aliphatic hydroxyl groups excluding tert-OH is 1. The SMILES string of the molecule is CC1CCCN1CC(NC(=O)C(F)(F)c1cc2cc(Cl)ccc2o1)C(O)c1ccc2c(c1)OCCO2. The van der Waals surface area contributed by atoms with Crippen LogP contribution in [-0.4, -0.2) is 54.3 Å². The third-order valence-electron chi connectivity index (χ3n) is 6.80. The number of nitrogens with one attached hydrogen (secondary N) is 1. The number of benzene rings is 2. The molecule has 2 aromatic carbocycles. The van der Waals surface area contributed by atoms with Crippen molar-refractivity contribution in [3.05, 3.63) is 58.8 Å². The number of carbonyl (C=O) groups excluding carboxylic acids is 1. The van der Waals surface area contributed by atoms with Gasteiger partial charge >= 0.3 is 5.92 Å². The number of amides is 1. The first-order valence-corrected chi connectivity index (χ1v) is 12.3. The van der Waals surface area contributed by atoms with Crippen molar-refractivity contribution in [3.63, 3.8) is 0 Å². The van der Waals surface area contributed by atoms with Crippen molar-refractivity contribution in [3.8, 4) is 11.5 Å². The lowest BCUT2D eigenvalue weighted by atomic mass is 10.00. The molecule has 5 rings (SSSR count). The highest BCUT2D eigenvalue weighted by Gasteiger charge is 2.46. The molecule has 36 heavy (non-hydrogen) atoms. The van der Waals surface area contributed by atoms with Crippen molar-refractivity contribution in [1.82, 2.24) is 10.2 Å². The molecule has 0 spiro atoms. The second-order valence-electron chi connectivity index (χ2n) is 9.28. The minimum absolute atomic E-state index is 0.195. The van der Waals surface area contributed by atoms with E-state index in [2.05, 4.69) is 10.2 Å². The van der Waals surface area contributed by atoms with Crippen LogP contribution in [0.5, 0.6) is 11.5 Å². The van der Waals surface area contributed by atoms with Gasteiger partial charge in [-0.25, -0.2) is 0 Å². The highest BCUT2D eigenvalue weighted by atomic mass is 35.5. The third-order valence-corrected chi connectivity index (χ3v) is 7.04. The fourth-order valence-corrected chi connectivity index (χ4v) is 4.94. The van der Waals surface area contributed by atoms with Crippen molar-refractivity contribution in [2.45, 2.75) is 43.9 Å². The number of alkyl halides is 2. The van der Waals surface area contributed by atoms with E-state index in [9.17, 15) is 9.90 Å². The number of likely N-dealkylation sites (tertiary alicyclic amines) is 1. The lowest BCUT2D eigenvalue weighted by Gasteiger charge is -2.32. The number of hydrogen-bond donors (Lipinski definition) is 2. The van der Waals surface area contributed by atoms with Crippen LogP contribution in [0.1, 0.15) is 37.2 Å². The minimum atomic E-state index is -3.97. The van der Waals surface area contributed by atoms with Gasteiger partial charge in [0.25, 0.3) is 5.91 Å². The summed E-state index contributed by atoms with van der Waals surface area (Å²) in [4.78, 5) is 15.0. The summed E-state index contributed by atoms with van der Waals surface area (Å²) in [5, 5.41) is 14.4. The van der Waals surface area contributed by atoms with E-state index in [1.54, 1.807) is 18.2 Å². The maximum Gasteiger partial charge on any atom is 0.380 e. The Bertz CT molecular complexity index is 1270. The Balaban J connectivity index is 1.40. The zero-order valence-electron chi connectivity index (χ0n) is 19.7. The van der Waals surface area contributed by atoms with Gasteiger partial charge < -0.3 is 24.3 Å². The molecule has 3 aromatic rings. The van der Waals surface area contributed by atoms with E-state index in [4.69, 9.17) is 25.5 Å². The molecule has 0 aliphatic carbocycles. The molecule has 10 heteroatoms. The molecule has 192 valence electrons. The fourth-order valence-electron chi connectivity index (χ4n) is 4.76. The number of nitrogens with zero attached hydrogens (tertiary/aromatic N) is 1. The topological polar surface area (TPSA) is 84.2 Å². The molecule has 1 amide bonds. The van der Waals surface area contributed by atoms with Gasteiger partial charge in [-0.05, 0) is 68.3 Å². The van der Waals surface area contributed by atoms with Gasteiger partial charge in [0.2, 0.25) is 0 Å². The number of carbonyl (C=O) groups is 1. The lowest BCUT2D eigenvalue weighted by Crippen LogP contribution is -2.51. The van der Waals surface area contributed by atoms with Gasteiger partial charge in [0.05, 0.1) is 6.04 Å². The molecule has 0 saturated carbocycles. The molecule has 3 atom stereocenters. The largest absolute Gasteiger partial charge is 0.486 e. The van der Waals surface area contributed by atoms with E-state index in [-0.39, 0.29) is 18.2 Å². The van der Waals surface area contributed by atoms with Gasteiger partial charge in [0, 0.05) is 23.0 Å². The maximum atomic E-state index is 15.3. The Labute approximate surface area is 211 Å². The zero-order valence-corrected chi connectivity index (χ0v) is 20.4. The standard InChI is InChI=1S/C26H27ClF2N2O5/c1-15-3-2-8-31(15)14-19(24(32)16-4-6-21-22(12-16)35-10-9-34-21)30-25(33)26(28,29)23-13-17-11-18(27)5-7-20(17)36-23/h4-7,11-13,15,19,24,32H,2-3,8-10,14H2,1H3,(H,30,33). The summed E-state index contributed by atoms with van der Waals surface area (Å²) in [5.41, 5.74) is 0.624. The summed E-state index contributed by atoms with van der Waals surface area (Å²) in [6.45, 7) is 3.78. The van der Waals surface area contributed by atoms with Crippen LogP contribution in [0.3, 0.4) is 0 Å². The van der Waals surface area contributed by atoms with Crippen molar-refractivity contribution < 1.29 is 32.6 Å². The van der Waals surface area contributed by atoms with E-state index < -0.39 is 29.7 Å². The summed E-state index contributed by atoms with van der Waals surface area (Å²) in [5.74, 6) is -5.31. The maximum absolute atomic E-state index is 15.3. The number of halogens is 3. The number of rotatable bonds is 7. The zero-order chi connectivity index (χ0) is 25.4.